The lowest BCUT2D eigenvalue weighted by molar-refractivity contribution is 0.0926. The van der Waals surface area contributed by atoms with Crippen LogP contribution in [0.25, 0.3) is 16.7 Å². The van der Waals surface area contributed by atoms with Gasteiger partial charge < -0.3 is 10.6 Å². The second-order valence-electron chi connectivity index (χ2n) is 10.0. The molecule has 0 spiro atoms. The van der Waals surface area contributed by atoms with Crippen LogP contribution in [0.3, 0.4) is 0 Å². The first-order valence-corrected chi connectivity index (χ1v) is 12.7. The summed E-state index contributed by atoms with van der Waals surface area (Å²) >= 11 is 0. The molecule has 1 amide bonds. The van der Waals surface area contributed by atoms with Crippen molar-refractivity contribution in [3.8, 4) is 5.69 Å². The molecule has 2 aromatic heterocycles. The number of hydrogen-bond acceptors (Lipinski definition) is 5. The van der Waals surface area contributed by atoms with E-state index < -0.39 is 0 Å². The van der Waals surface area contributed by atoms with Crippen LogP contribution in [0.2, 0.25) is 0 Å². The monoisotopic (exact) mass is 484 g/mol. The smallest absolute Gasteiger partial charge is 0.251 e. The van der Waals surface area contributed by atoms with Gasteiger partial charge in [-0.05, 0) is 81.8 Å². The number of rotatable bonds is 6. The van der Waals surface area contributed by atoms with Crippen molar-refractivity contribution in [3.63, 3.8) is 0 Å². The number of carbonyl (C=O) groups is 1. The second-order valence-corrected chi connectivity index (χ2v) is 10.0. The summed E-state index contributed by atoms with van der Waals surface area (Å²) in [6.07, 6.45) is 7.69. The van der Waals surface area contributed by atoms with Crippen LogP contribution < -0.4 is 10.6 Å². The third-order valence-electron chi connectivity index (χ3n) is 7.18. The Morgan fingerprint density at radius 1 is 0.917 bits per heavy atom. The number of hydrogen-bond donors (Lipinski definition) is 2. The molecule has 184 valence electrons. The average Bonchev–Trinajstić information content (AvgIpc) is 3.65. The molecule has 2 aromatic carbocycles. The molecule has 4 aromatic rings. The lowest BCUT2D eigenvalue weighted by Gasteiger charge is -2.30. The molecule has 0 atom stereocenters. The van der Waals surface area contributed by atoms with E-state index in [1.165, 1.54) is 29.8 Å². The fourth-order valence-corrected chi connectivity index (χ4v) is 4.88. The number of nitrogens with zero attached hydrogens (tertiary/aromatic N) is 4. The molecule has 0 aliphatic heterocycles. The number of aryl methyl sites for hydroxylation is 1. The zero-order chi connectivity index (χ0) is 24.6. The molecular formula is C28H29FN6O. The minimum Gasteiger partial charge on any atom is -0.367 e. The van der Waals surface area contributed by atoms with E-state index in [1.807, 2.05) is 10.9 Å². The third kappa shape index (κ3) is 4.67. The van der Waals surface area contributed by atoms with Crippen molar-refractivity contribution in [2.45, 2.75) is 63.5 Å². The Balaban J connectivity index is 1.17. The number of nitrogens with one attached hydrogen (secondary N) is 2. The van der Waals surface area contributed by atoms with Gasteiger partial charge in [0.1, 0.15) is 17.5 Å². The summed E-state index contributed by atoms with van der Waals surface area (Å²) in [6.45, 7) is 2.07. The predicted octanol–water partition coefficient (Wildman–Crippen LogP) is 5.29. The van der Waals surface area contributed by atoms with Crippen molar-refractivity contribution in [2.75, 3.05) is 5.32 Å². The molecule has 6 rings (SSSR count). The molecule has 0 radical (unpaired) electrons. The normalized spacial score (nSPS) is 19.8. The van der Waals surface area contributed by atoms with Gasteiger partial charge in [-0.3, -0.25) is 4.79 Å². The summed E-state index contributed by atoms with van der Waals surface area (Å²) in [5.41, 5.74) is 3.51. The summed E-state index contributed by atoms with van der Waals surface area (Å²) in [4.78, 5) is 22.3. The molecule has 0 saturated heterocycles. The Bertz CT molecular complexity index is 1390. The Labute approximate surface area is 209 Å². The summed E-state index contributed by atoms with van der Waals surface area (Å²) in [5.74, 6) is 1.67. The quantitative estimate of drug-likeness (QED) is 0.388. The van der Waals surface area contributed by atoms with Gasteiger partial charge in [0.2, 0.25) is 0 Å². The Kier molecular flexibility index (Phi) is 5.87. The van der Waals surface area contributed by atoms with E-state index in [1.54, 1.807) is 0 Å². The van der Waals surface area contributed by atoms with Crippen molar-refractivity contribution < 1.29 is 9.18 Å². The zero-order valence-corrected chi connectivity index (χ0v) is 20.2. The summed E-state index contributed by atoms with van der Waals surface area (Å²) in [6, 6.07) is 14.3. The van der Waals surface area contributed by atoms with Crippen LogP contribution in [0.5, 0.6) is 0 Å². The molecule has 8 heteroatoms. The standard InChI is InChI=1S/C28H29FN6O/c1-17-2-14-23(15-3-17)35-27-24(16-30-35)26(33-25(34-27)18-4-5-18)31-21-10-12-22(13-11-21)32-28(36)19-6-8-20(29)9-7-19/h2-3,6-9,14-16,18,21-22H,4-5,10-13H2,1H3,(H,32,36)(H,31,33,34). The van der Waals surface area contributed by atoms with E-state index >= 15 is 0 Å². The van der Waals surface area contributed by atoms with Gasteiger partial charge in [0.05, 0.1) is 17.3 Å². The third-order valence-corrected chi connectivity index (χ3v) is 7.18. The fraction of sp³-hybridized carbons (Fsp3) is 0.357. The number of carbonyl (C=O) groups excluding carboxylic acids is 1. The van der Waals surface area contributed by atoms with Gasteiger partial charge in [-0.25, -0.2) is 19.0 Å². The summed E-state index contributed by atoms with van der Waals surface area (Å²) in [5, 5.41) is 12.3. The molecule has 2 fully saturated rings. The predicted molar refractivity (Wildman–Crippen MR) is 137 cm³/mol. The van der Waals surface area contributed by atoms with Gasteiger partial charge in [-0.15, -0.1) is 0 Å². The highest BCUT2D eigenvalue weighted by Gasteiger charge is 2.30. The molecule has 7 nitrogen and oxygen atoms in total. The van der Waals surface area contributed by atoms with Crippen molar-refractivity contribution in [1.29, 1.82) is 0 Å². The van der Waals surface area contributed by atoms with Crippen LogP contribution in [-0.2, 0) is 0 Å². The first-order chi connectivity index (χ1) is 17.5. The highest BCUT2D eigenvalue weighted by Crippen LogP contribution is 2.40. The van der Waals surface area contributed by atoms with Crippen molar-refractivity contribution in [2.24, 2.45) is 0 Å². The van der Waals surface area contributed by atoms with Crippen molar-refractivity contribution >= 4 is 22.8 Å². The molecule has 2 heterocycles. The average molecular weight is 485 g/mol. The van der Waals surface area contributed by atoms with Gasteiger partial charge in [0.15, 0.2) is 5.65 Å². The molecular weight excluding hydrogens is 455 g/mol. The van der Waals surface area contributed by atoms with Gasteiger partial charge in [-0.1, -0.05) is 17.7 Å². The minimum absolute atomic E-state index is 0.109. The SMILES string of the molecule is Cc1ccc(-n2ncc3c(NC4CCC(NC(=O)c5ccc(F)cc5)CC4)nc(C4CC4)nc32)cc1. The molecule has 2 N–H and O–H groups in total. The molecule has 0 unspecified atom stereocenters. The lowest BCUT2D eigenvalue weighted by Crippen LogP contribution is -2.40. The van der Waals surface area contributed by atoms with Crippen molar-refractivity contribution in [1.82, 2.24) is 25.1 Å². The highest BCUT2D eigenvalue weighted by atomic mass is 19.1. The molecule has 2 saturated carbocycles. The Morgan fingerprint density at radius 2 is 1.61 bits per heavy atom. The number of benzene rings is 2. The maximum atomic E-state index is 13.1. The van der Waals surface area contributed by atoms with E-state index in [4.69, 9.17) is 9.97 Å². The zero-order valence-electron chi connectivity index (χ0n) is 20.2. The largest absolute Gasteiger partial charge is 0.367 e. The summed E-state index contributed by atoms with van der Waals surface area (Å²) in [7, 11) is 0. The van der Waals surface area contributed by atoms with Crippen molar-refractivity contribution in [3.05, 3.63) is 77.5 Å². The number of aromatic nitrogens is 4. The Morgan fingerprint density at radius 3 is 2.31 bits per heavy atom. The summed E-state index contributed by atoms with van der Waals surface area (Å²) < 4.78 is 15.0. The minimum atomic E-state index is -0.341. The van der Waals surface area contributed by atoms with Gasteiger partial charge >= 0.3 is 0 Å². The number of fused-ring (bicyclic) bond motifs is 1. The molecule has 2 aliphatic carbocycles. The van der Waals surface area contributed by atoms with Crippen LogP contribution >= 0.6 is 0 Å². The van der Waals surface area contributed by atoms with Gasteiger partial charge in [0, 0.05) is 23.6 Å². The number of amides is 1. The van der Waals surface area contributed by atoms with Crippen LogP contribution in [0.15, 0.2) is 54.7 Å². The Hall–Kier alpha value is -3.81. The van der Waals surface area contributed by atoms with E-state index in [0.29, 0.717) is 11.5 Å². The molecule has 36 heavy (non-hydrogen) atoms. The van der Waals surface area contributed by atoms with Crippen LogP contribution in [0, 0.1) is 12.7 Å². The second kappa shape index (κ2) is 9.33. The van der Waals surface area contributed by atoms with E-state index in [2.05, 4.69) is 46.9 Å². The van der Waals surface area contributed by atoms with Crippen LogP contribution in [-0.4, -0.2) is 37.7 Å². The van der Waals surface area contributed by atoms with E-state index in [0.717, 1.165) is 66.9 Å². The molecule has 0 bridgehead atoms. The lowest BCUT2D eigenvalue weighted by atomic mass is 9.91. The maximum absolute atomic E-state index is 13.1. The number of halogens is 1. The van der Waals surface area contributed by atoms with Gasteiger partial charge in [-0.2, -0.15) is 5.10 Å². The van der Waals surface area contributed by atoms with Crippen LogP contribution in [0.1, 0.15) is 66.2 Å². The highest BCUT2D eigenvalue weighted by molar-refractivity contribution is 5.94. The van der Waals surface area contributed by atoms with E-state index in [9.17, 15) is 9.18 Å². The fourth-order valence-electron chi connectivity index (χ4n) is 4.88. The number of anilines is 1. The maximum Gasteiger partial charge on any atom is 0.251 e. The molecule has 2 aliphatic rings. The first-order valence-electron chi connectivity index (χ1n) is 12.7. The first kappa shape index (κ1) is 22.6. The van der Waals surface area contributed by atoms with Crippen LogP contribution in [0.4, 0.5) is 10.2 Å². The topological polar surface area (TPSA) is 84.7 Å². The van der Waals surface area contributed by atoms with E-state index in [-0.39, 0.29) is 23.8 Å². The van der Waals surface area contributed by atoms with Gasteiger partial charge in [0.25, 0.3) is 5.91 Å².